The molecule has 1 amide bonds. The zero-order valence-corrected chi connectivity index (χ0v) is 17.4. The van der Waals surface area contributed by atoms with E-state index >= 15 is 0 Å². The van der Waals surface area contributed by atoms with E-state index in [1.54, 1.807) is 13.4 Å². The van der Waals surface area contributed by atoms with Gasteiger partial charge in [-0.15, -0.1) is 0 Å². The van der Waals surface area contributed by atoms with Gasteiger partial charge in [-0.25, -0.2) is 9.97 Å². The summed E-state index contributed by atoms with van der Waals surface area (Å²) in [6.07, 6.45) is 10.1. The van der Waals surface area contributed by atoms with E-state index in [1.165, 1.54) is 5.56 Å². The summed E-state index contributed by atoms with van der Waals surface area (Å²) in [6, 6.07) is 0.572. The van der Waals surface area contributed by atoms with E-state index < -0.39 is 0 Å². The maximum atomic E-state index is 12.4. The Kier molecular flexibility index (Phi) is 8.03. The van der Waals surface area contributed by atoms with Crippen molar-refractivity contribution in [1.82, 2.24) is 20.2 Å². The highest BCUT2D eigenvalue weighted by atomic mass is 16.5. The SMILES string of the molecule is CCCc1cncnc1N1CCC(N2CCCC(C(=O)NCCOC)C2)CC1. The molecule has 28 heavy (non-hydrogen) atoms. The van der Waals surface area contributed by atoms with E-state index in [-0.39, 0.29) is 11.8 Å². The van der Waals surface area contributed by atoms with Crippen LogP contribution in [0.15, 0.2) is 12.5 Å². The Balaban J connectivity index is 1.51. The van der Waals surface area contributed by atoms with E-state index in [2.05, 4.69) is 32.0 Å². The monoisotopic (exact) mass is 389 g/mol. The number of rotatable bonds is 8. The molecule has 0 aliphatic carbocycles. The van der Waals surface area contributed by atoms with Crippen LogP contribution < -0.4 is 10.2 Å². The Morgan fingerprint density at radius 3 is 2.86 bits per heavy atom. The predicted molar refractivity (Wildman–Crippen MR) is 110 cm³/mol. The number of nitrogens with one attached hydrogen (secondary N) is 1. The number of hydrogen-bond acceptors (Lipinski definition) is 6. The lowest BCUT2D eigenvalue weighted by Gasteiger charge is -2.42. The summed E-state index contributed by atoms with van der Waals surface area (Å²) in [5, 5.41) is 3.01. The van der Waals surface area contributed by atoms with Crippen molar-refractivity contribution in [2.24, 2.45) is 5.92 Å². The molecule has 7 nitrogen and oxygen atoms in total. The van der Waals surface area contributed by atoms with Crippen LogP contribution in [0.5, 0.6) is 0 Å². The van der Waals surface area contributed by atoms with Crippen LogP contribution >= 0.6 is 0 Å². The van der Waals surface area contributed by atoms with Crippen LogP contribution in [-0.4, -0.2) is 73.3 Å². The number of hydrogen-bond donors (Lipinski definition) is 1. The fourth-order valence-electron chi connectivity index (χ4n) is 4.50. The van der Waals surface area contributed by atoms with Gasteiger partial charge in [0.15, 0.2) is 0 Å². The first-order valence-corrected chi connectivity index (χ1v) is 10.8. The van der Waals surface area contributed by atoms with E-state index in [4.69, 9.17) is 4.74 Å². The summed E-state index contributed by atoms with van der Waals surface area (Å²) in [7, 11) is 1.66. The molecule has 2 saturated heterocycles. The maximum Gasteiger partial charge on any atom is 0.224 e. The van der Waals surface area contributed by atoms with Gasteiger partial charge in [0.25, 0.3) is 0 Å². The zero-order chi connectivity index (χ0) is 19.8. The maximum absolute atomic E-state index is 12.4. The summed E-state index contributed by atoms with van der Waals surface area (Å²) < 4.78 is 5.03. The van der Waals surface area contributed by atoms with Gasteiger partial charge < -0.3 is 15.0 Å². The fraction of sp³-hybridized carbons (Fsp3) is 0.762. The van der Waals surface area contributed by atoms with Crippen molar-refractivity contribution in [2.75, 3.05) is 51.3 Å². The van der Waals surface area contributed by atoms with Gasteiger partial charge in [0.05, 0.1) is 12.5 Å². The second-order valence-corrected chi connectivity index (χ2v) is 7.96. The number of likely N-dealkylation sites (tertiary alicyclic amines) is 1. The predicted octanol–water partition coefficient (Wildman–Crippen LogP) is 1.87. The Morgan fingerprint density at radius 1 is 1.29 bits per heavy atom. The van der Waals surface area contributed by atoms with Crippen LogP contribution in [-0.2, 0) is 16.0 Å². The molecule has 1 aromatic rings. The minimum atomic E-state index is 0.113. The highest BCUT2D eigenvalue weighted by molar-refractivity contribution is 5.78. The van der Waals surface area contributed by atoms with E-state index in [9.17, 15) is 4.79 Å². The molecule has 156 valence electrons. The molecule has 7 heteroatoms. The van der Waals surface area contributed by atoms with Gasteiger partial charge in [-0.05, 0) is 38.6 Å². The van der Waals surface area contributed by atoms with E-state index in [0.717, 1.165) is 70.5 Å². The number of nitrogens with zero attached hydrogens (tertiary/aromatic N) is 4. The quantitative estimate of drug-likeness (QED) is 0.685. The summed E-state index contributed by atoms with van der Waals surface area (Å²) in [5.41, 5.74) is 1.26. The topological polar surface area (TPSA) is 70.6 Å². The molecule has 1 N–H and O–H groups in total. The number of carbonyl (C=O) groups excluding carboxylic acids is 1. The number of anilines is 1. The van der Waals surface area contributed by atoms with Crippen molar-refractivity contribution in [3.8, 4) is 0 Å². The number of amides is 1. The number of carbonyl (C=O) groups is 1. The minimum Gasteiger partial charge on any atom is -0.383 e. The average molecular weight is 390 g/mol. The smallest absolute Gasteiger partial charge is 0.224 e. The summed E-state index contributed by atoms with van der Waals surface area (Å²) in [6.45, 7) is 7.42. The molecule has 2 aliphatic rings. The molecular weight excluding hydrogens is 354 g/mol. The van der Waals surface area contributed by atoms with Crippen LogP contribution in [0.3, 0.4) is 0 Å². The molecule has 0 bridgehead atoms. The number of ether oxygens (including phenoxy) is 1. The number of aryl methyl sites for hydroxylation is 1. The van der Waals surface area contributed by atoms with Crippen molar-refractivity contribution < 1.29 is 9.53 Å². The molecule has 0 aromatic carbocycles. The summed E-state index contributed by atoms with van der Waals surface area (Å²) in [4.78, 5) is 26.2. The summed E-state index contributed by atoms with van der Waals surface area (Å²) in [5.74, 6) is 1.41. The molecule has 2 fully saturated rings. The molecule has 3 heterocycles. The van der Waals surface area contributed by atoms with E-state index in [1.807, 2.05) is 6.20 Å². The Hall–Kier alpha value is -1.73. The third kappa shape index (κ3) is 5.41. The standard InChI is InChI=1S/C21H35N5O2/c1-3-5-17-14-22-16-24-20(17)25-11-7-19(8-12-25)26-10-4-6-18(15-26)21(27)23-9-13-28-2/h14,16,18-19H,3-13,15H2,1-2H3,(H,23,27). The third-order valence-corrected chi connectivity index (χ3v) is 5.99. The van der Waals surface area contributed by atoms with Gasteiger partial charge in [0, 0.05) is 51.1 Å². The molecule has 0 radical (unpaired) electrons. The highest BCUT2D eigenvalue weighted by Crippen LogP contribution is 2.27. The van der Waals surface area contributed by atoms with Crippen LogP contribution in [0.1, 0.15) is 44.6 Å². The lowest BCUT2D eigenvalue weighted by molar-refractivity contribution is -0.127. The van der Waals surface area contributed by atoms with Gasteiger partial charge in [-0.1, -0.05) is 13.3 Å². The molecule has 1 unspecified atom stereocenters. The largest absolute Gasteiger partial charge is 0.383 e. The lowest BCUT2D eigenvalue weighted by atomic mass is 9.93. The Bertz CT molecular complexity index is 619. The molecule has 1 atom stereocenters. The van der Waals surface area contributed by atoms with Gasteiger partial charge in [-0.2, -0.15) is 0 Å². The van der Waals surface area contributed by atoms with Crippen molar-refractivity contribution in [1.29, 1.82) is 0 Å². The van der Waals surface area contributed by atoms with Gasteiger partial charge in [-0.3, -0.25) is 9.69 Å². The van der Waals surface area contributed by atoms with Crippen molar-refractivity contribution >= 4 is 11.7 Å². The summed E-state index contributed by atoms with van der Waals surface area (Å²) >= 11 is 0. The first-order valence-electron chi connectivity index (χ1n) is 10.8. The highest BCUT2D eigenvalue weighted by Gasteiger charge is 2.32. The van der Waals surface area contributed by atoms with Gasteiger partial charge in [0.1, 0.15) is 12.1 Å². The molecule has 3 rings (SSSR count). The lowest BCUT2D eigenvalue weighted by Crippen LogP contribution is -2.51. The first kappa shape index (κ1) is 21.0. The molecule has 0 spiro atoms. The van der Waals surface area contributed by atoms with Crippen molar-refractivity contribution in [3.05, 3.63) is 18.1 Å². The molecule has 2 aliphatic heterocycles. The second-order valence-electron chi connectivity index (χ2n) is 7.96. The van der Waals surface area contributed by atoms with Crippen LogP contribution in [0, 0.1) is 5.92 Å². The number of piperidine rings is 2. The molecule has 1 aromatic heterocycles. The Morgan fingerprint density at radius 2 is 2.11 bits per heavy atom. The van der Waals surface area contributed by atoms with Crippen molar-refractivity contribution in [3.63, 3.8) is 0 Å². The number of aromatic nitrogens is 2. The number of methoxy groups -OCH3 is 1. The average Bonchev–Trinajstić information content (AvgIpc) is 2.75. The van der Waals surface area contributed by atoms with E-state index in [0.29, 0.717) is 19.2 Å². The first-order chi connectivity index (χ1) is 13.7. The normalized spacial score (nSPS) is 21.6. The molecular formula is C21H35N5O2. The van der Waals surface area contributed by atoms with Crippen LogP contribution in [0.25, 0.3) is 0 Å². The van der Waals surface area contributed by atoms with Crippen molar-refractivity contribution in [2.45, 2.75) is 51.5 Å². The second kappa shape index (κ2) is 10.7. The van der Waals surface area contributed by atoms with Crippen LogP contribution in [0.2, 0.25) is 0 Å². The molecule has 0 saturated carbocycles. The zero-order valence-electron chi connectivity index (χ0n) is 17.4. The van der Waals surface area contributed by atoms with Gasteiger partial charge in [0.2, 0.25) is 5.91 Å². The third-order valence-electron chi connectivity index (χ3n) is 5.99. The van der Waals surface area contributed by atoms with Gasteiger partial charge >= 0.3 is 0 Å². The Labute approximate surface area is 168 Å². The van der Waals surface area contributed by atoms with Crippen LogP contribution in [0.4, 0.5) is 5.82 Å². The minimum absolute atomic E-state index is 0.113. The fourth-order valence-corrected chi connectivity index (χ4v) is 4.50.